The molecule has 0 amide bonds. The number of unbranched alkanes of at least 4 members (excludes halogenated alkanes) is 1. The predicted molar refractivity (Wildman–Crippen MR) is 35.8 cm³/mol. The molecule has 0 aliphatic rings. The zero-order valence-corrected chi connectivity index (χ0v) is 6.66. The molecule has 10 heavy (non-hydrogen) atoms. The third-order valence-corrected chi connectivity index (χ3v) is 1.57. The third kappa shape index (κ3) is 10.7. The van der Waals surface area contributed by atoms with E-state index in [4.69, 9.17) is 0 Å². The van der Waals surface area contributed by atoms with Gasteiger partial charge in [-0.2, -0.15) is 0 Å². The Balaban J connectivity index is 0. The van der Waals surface area contributed by atoms with E-state index in [0.29, 0.717) is 0 Å². The summed E-state index contributed by atoms with van der Waals surface area (Å²) >= 11 is 0. The summed E-state index contributed by atoms with van der Waals surface area (Å²) in [7, 11) is -4.11. The average Bonchev–Trinajstić information content (AvgIpc) is 1.63. The van der Waals surface area contributed by atoms with Crippen molar-refractivity contribution in [2.75, 3.05) is 12.4 Å². The molecule has 6 heteroatoms. The average molecular weight is 173 g/mol. The molecule has 0 bridgehead atoms. The Morgan fingerprint density at radius 1 is 1.30 bits per heavy atom. The standard InChI is InChI=1S/C4H9FO3S.H3N/c5-3-1-2-4-9(6,7)8;/h1-4H2,(H,6,7,8);1H3. The number of hydrogen-bond donors (Lipinski definition) is 1. The highest BCUT2D eigenvalue weighted by molar-refractivity contribution is 7.85. The molecule has 0 radical (unpaired) electrons. The van der Waals surface area contributed by atoms with Crippen molar-refractivity contribution in [3.8, 4) is 0 Å². The van der Waals surface area contributed by atoms with Gasteiger partial charge in [0.05, 0.1) is 16.8 Å². The fourth-order valence-corrected chi connectivity index (χ4v) is 0.931. The summed E-state index contributed by atoms with van der Waals surface area (Å²) in [6.07, 6.45) is 0.282. The Morgan fingerprint density at radius 3 is 2.10 bits per heavy atom. The molecular formula is C4H12FNO3S. The number of halogens is 1. The molecule has 0 spiro atoms. The predicted octanol–water partition coefficient (Wildman–Crippen LogP) is 0.658. The van der Waals surface area contributed by atoms with E-state index in [2.05, 4.69) is 0 Å². The van der Waals surface area contributed by atoms with E-state index in [1.165, 1.54) is 0 Å². The van der Waals surface area contributed by atoms with Gasteiger partial charge in [-0.15, -0.1) is 0 Å². The van der Waals surface area contributed by atoms with Crippen LogP contribution in [0.2, 0.25) is 0 Å². The molecule has 0 aliphatic heterocycles. The van der Waals surface area contributed by atoms with Crippen molar-refractivity contribution in [3.63, 3.8) is 0 Å². The number of alkyl halides is 1. The summed E-state index contributed by atoms with van der Waals surface area (Å²) in [5.41, 5.74) is 0. The van der Waals surface area contributed by atoms with E-state index in [-0.39, 0.29) is 19.0 Å². The Kier molecular flexibility index (Phi) is 6.95. The van der Waals surface area contributed by atoms with Gasteiger partial charge < -0.3 is 10.7 Å². The first kappa shape index (κ1) is 12.5. The first-order valence-electron chi connectivity index (χ1n) is 2.56. The molecule has 0 aromatic heterocycles. The minimum absolute atomic E-state index is 0. The van der Waals surface area contributed by atoms with E-state index in [9.17, 15) is 17.4 Å². The van der Waals surface area contributed by atoms with Crippen LogP contribution in [0.5, 0.6) is 0 Å². The zero-order chi connectivity index (χ0) is 7.33. The summed E-state index contributed by atoms with van der Waals surface area (Å²) < 4.78 is 40.8. The summed E-state index contributed by atoms with van der Waals surface area (Å²) in [5, 5.41) is 0. The molecule has 0 rings (SSSR count). The van der Waals surface area contributed by atoms with E-state index in [1.807, 2.05) is 0 Å². The highest BCUT2D eigenvalue weighted by Gasteiger charge is 1.93. The molecular weight excluding hydrogens is 161 g/mol. The zero-order valence-electron chi connectivity index (χ0n) is 5.84. The lowest BCUT2D eigenvalue weighted by Crippen LogP contribution is -2.03. The second-order valence-corrected chi connectivity index (χ2v) is 3.18. The van der Waals surface area contributed by atoms with Crippen molar-refractivity contribution in [2.45, 2.75) is 12.8 Å². The molecule has 0 saturated carbocycles. The molecule has 0 unspecified atom stereocenters. The van der Waals surface area contributed by atoms with E-state index in [1.54, 1.807) is 0 Å². The maximum absolute atomic E-state index is 11.3. The van der Waals surface area contributed by atoms with Crippen LogP contribution < -0.4 is 6.15 Å². The topological polar surface area (TPSA) is 93.7 Å². The first-order valence-corrected chi connectivity index (χ1v) is 4.13. The lowest BCUT2D eigenvalue weighted by atomic mass is 10.4. The van der Waals surface area contributed by atoms with Crippen LogP contribution in [0, 0.1) is 0 Å². The fourth-order valence-electron chi connectivity index (χ4n) is 0.373. The second-order valence-electron chi connectivity index (χ2n) is 1.66. The SMILES string of the molecule is O=S(=O)([O-])CCCCF.[NH4+]. The Hall–Kier alpha value is -0.200. The Labute approximate surface area is 59.8 Å². The van der Waals surface area contributed by atoms with E-state index in [0.717, 1.165) is 0 Å². The van der Waals surface area contributed by atoms with Crippen LogP contribution in [-0.4, -0.2) is 25.4 Å². The van der Waals surface area contributed by atoms with Crippen LogP contribution in [0.3, 0.4) is 0 Å². The van der Waals surface area contributed by atoms with Crippen molar-refractivity contribution in [3.05, 3.63) is 0 Å². The Bertz CT molecular complexity index is 156. The molecule has 0 saturated heterocycles. The van der Waals surface area contributed by atoms with E-state index < -0.39 is 22.5 Å². The van der Waals surface area contributed by atoms with Crippen LogP contribution in [0.4, 0.5) is 4.39 Å². The summed E-state index contributed by atoms with van der Waals surface area (Å²) in [5.74, 6) is -0.448. The molecule has 4 nitrogen and oxygen atoms in total. The molecule has 0 fully saturated rings. The summed E-state index contributed by atoms with van der Waals surface area (Å²) in [6, 6.07) is 0. The second kappa shape index (κ2) is 5.57. The van der Waals surface area contributed by atoms with Crippen LogP contribution in [0.1, 0.15) is 12.8 Å². The number of rotatable bonds is 4. The van der Waals surface area contributed by atoms with E-state index >= 15 is 0 Å². The van der Waals surface area contributed by atoms with Gasteiger partial charge in [0.1, 0.15) is 0 Å². The quantitative estimate of drug-likeness (QED) is 0.499. The lowest BCUT2D eigenvalue weighted by Gasteiger charge is -2.03. The monoisotopic (exact) mass is 173 g/mol. The van der Waals surface area contributed by atoms with Gasteiger partial charge in [0.2, 0.25) is 0 Å². The largest absolute Gasteiger partial charge is 0.748 e. The third-order valence-electron chi connectivity index (χ3n) is 0.778. The number of hydrogen-bond acceptors (Lipinski definition) is 3. The van der Waals surface area contributed by atoms with Crippen molar-refractivity contribution in [2.24, 2.45) is 0 Å². The highest BCUT2D eigenvalue weighted by Crippen LogP contribution is 1.93. The minimum atomic E-state index is -4.11. The smallest absolute Gasteiger partial charge is 0.0945 e. The lowest BCUT2D eigenvalue weighted by molar-refractivity contribution is 0.447. The normalized spacial score (nSPS) is 10.6. The minimum Gasteiger partial charge on any atom is -0.748 e. The molecule has 0 atom stereocenters. The summed E-state index contributed by atoms with van der Waals surface area (Å²) in [6.45, 7) is -0.560. The van der Waals surface area contributed by atoms with Crippen molar-refractivity contribution in [1.29, 1.82) is 0 Å². The van der Waals surface area contributed by atoms with Crippen LogP contribution in [-0.2, 0) is 10.1 Å². The van der Waals surface area contributed by atoms with Crippen molar-refractivity contribution >= 4 is 10.1 Å². The first-order chi connectivity index (χ1) is 4.06. The van der Waals surface area contributed by atoms with Gasteiger partial charge in [0.25, 0.3) is 0 Å². The van der Waals surface area contributed by atoms with Crippen LogP contribution in [0.25, 0.3) is 0 Å². The number of quaternary nitrogens is 1. The van der Waals surface area contributed by atoms with Crippen molar-refractivity contribution < 1.29 is 17.4 Å². The van der Waals surface area contributed by atoms with Gasteiger partial charge in [-0.25, -0.2) is 8.42 Å². The molecule has 0 aromatic rings. The fraction of sp³-hybridized carbons (Fsp3) is 1.00. The Morgan fingerprint density at radius 2 is 1.80 bits per heavy atom. The van der Waals surface area contributed by atoms with Gasteiger partial charge in [0.15, 0.2) is 0 Å². The molecule has 64 valence electrons. The summed E-state index contributed by atoms with van der Waals surface area (Å²) in [4.78, 5) is 0. The maximum atomic E-state index is 11.3. The molecule has 0 aromatic carbocycles. The van der Waals surface area contributed by atoms with Gasteiger partial charge in [-0.3, -0.25) is 4.39 Å². The molecule has 0 aliphatic carbocycles. The van der Waals surface area contributed by atoms with Gasteiger partial charge in [0, 0.05) is 5.75 Å². The molecule has 4 N–H and O–H groups in total. The van der Waals surface area contributed by atoms with Gasteiger partial charge >= 0.3 is 0 Å². The van der Waals surface area contributed by atoms with Gasteiger partial charge in [-0.05, 0) is 12.8 Å². The van der Waals surface area contributed by atoms with Crippen LogP contribution in [0.15, 0.2) is 0 Å². The van der Waals surface area contributed by atoms with Crippen LogP contribution >= 0.6 is 0 Å². The molecule has 0 heterocycles. The maximum Gasteiger partial charge on any atom is 0.0945 e. The van der Waals surface area contributed by atoms with Crippen molar-refractivity contribution in [1.82, 2.24) is 6.15 Å². The highest BCUT2D eigenvalue weighted by atomic mass is 32.2. The van der Waals surface area contributed by atoms with Gasteiger partial charge in [-0.1, -0.05) is 0 Å².